The molecule has 13 heavy (non-hydrogen) atoms. The van der Waals surface area contributed by atoms with Gasteiger partial charge in [-0.2, -0.15) is 0 Å². The second-order valence-corrected chi connectivity index (χ2v) is 10.9. The first-order chi connectivity index (χ1) is 5.90. The molecule has 0 atom stereocenters. The number of halogens is 1. The van der Waals surface area contributed by atoms with E-state index in [1.54, 1.807) is 0 Å². The zero-order valence-electron chi connectivity index (χ0n) is 7.06. The van der Waals surface area contributed by atoms with Gasteiger partial charge in [-0.15, -0.1) is 0 Å². The summed E-state index contributed by atoms with van der Waals surface area (Å²) in [4.78, 5) is 10.3. The van der Waals surface area contributed by atoms with Crippen LogP contribution in [-0.2, 0) is 4.79 Å². The zero-order chi connectivity index (χ0) is 10.6. The second kappa shape index (κ2) is 4.53. The molecule has 4 N–H and O–H groups in total. The van der Waals surface area contributed by atoms with Crippen LogP contribution >= 0.6 is 17.2 Å². The third-order valence-electron chi connectivity index (χ3n) is 1.94. The van der Waals surface area contributed by atoms with E-state index >= 15 is 0 Å². The molecule has 5 nitrogen and oxygen atoms in total. The van der Waals surface area contributed by atoms with E-state index in [-0.39, 0.29) is 12.6 Å². The van der Waals surface area contributed by atoms with Crippen LogP contribution in [0.3, 0.4) is 0 Å². The summed E-state index contributed by atoms with van der Waals surface area (Å²) in [6.45, 7) is 0. The summed E-state index contributed by atoms with van der Waals surface area (Å²) >= 11 is 5.91. The van der Waals surface area contributed by atoms with Crippen LogP contribution in [0.4, 0.5) is 0 Å². The van der Waals surface area contributed by atoms with Crippen molar-refractivity contribution in [3.05, 3.63) is 0 Å². The minimum absolute atomic E-state index is 0.0635. The van der Waals surface area contributed by atoms with Gasteiger partial charge in [0, 0.05) is 0 Å². The molecule has 0 aliphatic rings. The molecule has 0 spiro atoms. The second-order valence-electron chi connectivity index (χ2n) is 3.11. The molecule has 0 bridgehead atoms. The molecule has 0 aromatic carbocycles. The van der Waals surface area contributed by atoms with Crippen molar-refractivity contribution < 1.29 is 25.2 Å². The fourth-order valence-electron chi connectivity index (χ4n) is 0.721. The first kappa shape index (κ1) is 13.1. The number of carboxylic acid groups (broad SMARTS) is 1. The molecular weight excluding hydrogens is 218 g/mol. The summed E-state index contributed by atoms with van der Waals surface area (Å²) in [5.74, 6) is -4.56. The third kappa shape index (κ3) is 3.37. The van der Waals surface area contributed by atoms with Crippen molar-refractivity contribution in [2.24, 2.45) is 0 Å². The quantitative estimate of drug-likeness (QED) is 0.484. The summed E-state index contributed by atoms with van der Waals surface area (Å²) in [7, 11) is 0. The molecule has 0 rings (SSSR count). The number of aliphatic hydroxyl groups is 3. The Balaban J connectivity index is 4.49. The van der Waals surface area contributed by atoms with Gasteiger partial charge in [-0.05, 0) is 0 Å². The first-order valence-corrected chi connectivity index (χ1v) is 7.55. The molecule has 0 saturated carbocycles. The van der Waals surface area contributed by atoms with Gasteiger partial charge in [0.1, 0.15) is 0 Å². The van der Waals surface area contributed by atoms with Crippen molar-refractivity contribution in [1.29, 1.82) is 0 Å². The van der Waals surface area contributed by atoms with Crippen molar-refractivity contribution in [2.45, 2.75) is 6.42 Å². The maximum absolute atomic E-state index is 10.3. The Morgan fingerprint density at radius 1 is 1.15 bits per heavy atom. The summed E-state index contributed by atoms with van der Waals surface area (Å²) in [5.41, 5.74) is 0. The van der Waals surface area contributed by atoms with E-state index in [2.05, 4.69) is 0 Å². The van der Waals surface area contributed by atoms with Gasteiger partial charge in [0.15, 0.2) is 0 Å². The number of rotatable bonds is 6. The maximum atomic E-state index is 10.3. The molecule has 0 unspecified atom stereocenters. The molecule has 0 saturated heterocycles. The van der Waals surface area contributed by atoms with E-state index in [4.69, 9.17) is 31.7 Å². The molecule has 0 radical (unpaired) electrons. The van der Waals surface area contributed by atoms with E-state index in [1.807, 2.05) is 0 Å². The van der Waals surface area contributed by atoms with E-state index in [0.717, 1.165) is 0 Å². The van der Waals surface area contributed by atoms with Gasteiger partial charge >= 0.3 is 80.0 Å². The average molecular weight is 233 g/mol. The monoisotopic (exact) mass is 232 g/mol. The van der Waals surface area contributed by atoms with Crippen molar-refractivity contribution in [3.8, 4) is 0 Å². The van der Waals surface area contributed by atoms with Gasteiger partial charge in [-0.25, -0.2) is 0 Å². The van der Waals surface area contributed by atoms with Crippen LogP contribution < -0.4 is 0 Å². The van der Waals surface area contributed by atoms with Gasteiger partial charge in [-0.1, -0.05) is 0 Å². The van der Waals surface area contributed by atoms with Crippen molar-refractivity contribution >= 4 is 23.2 Å². The molecule has 80 valence electrons. The first-order valence-electron chi connectivity index (χ1n) is 3.66. The van der Waals surface area contributed by atoms with Crippen molar-refractivity contribution in [1.82, 2.24) is 0 Å². The number of hydrogen-bond acceptors (Lipinski definition) is 4. The SMILES string of the molecule is O=C(O)CCP(Cl)(CO)(CO)CO. The molecule has 0 heterocycles. The minimum atomic E-state index is -3.49. The standard InChI is InChI=1S/C6H14ClO5P/c7-13(3-8,4-9,5-10)2-1-6(11)12/h8-10H,1-5H2,(H,11,12). The molecule has 0 fully saturated rings. The normalized spacial score (nSPS) is 14.9. The Morgan fingerprint density at radius 3 is 1.77 bits per heavy atom. The number of aliphatic carboxylic acids is 1. The summed E-state index contributed by atoms with van der Waals surface area (Å²) in [6.07, 6.45) is -1.97. The van der Waals surface area contributed by atoms with E-state index in [0.29, 0.717) is 0 Å². The average Bonchev–Trinajstić information content (AvgIpc) is 2.15. The molecule has 0 aliphatic carbocycles. The van der Waals surface area contributed by atoms with Crippen LogP contribution in [0.5, 0.6) is 0 Å². The Morgan fingerprint density at radius 2 is 1.54 bits per heavy atom. The van der Waals surface area contributed by atoms with Crippen LogP contribution in [0, 0.1) is 0 Å². The van der Waals surface area contributed by atoms with Crippen LogP contribution in [0.25, 0.3) is 0 Å². The number of hydrogen-bond donors (Lipinski definition) is 4. The van der Waals surface area contributed by atoms with Crippen LogP contribution in [0.2, 0.25) is 0 Å². The van der Waals surface area contributed by atoms with Crippen LogP contribution in [0.15, 0.2) is 0 Å². The Labute approximate surface area is 80.7 Å². The molecule has 7 heteroatoms. The topological polar surface area (TPSA) is 98.0 Å². The number of carbonyl (C=O) groups is 1. The summed E-state index contributed by atoms with van der Waals surface area (Å²) in [6, 6.07) is 0. The van der Waals surface area contributed by atoms with E-state index in [9.17, 15) is 4.79 Å². The van der Waals surface area contributed by atoms with Gasteiger partial charge in [0.05, 0.1) is 0 Å². The van der Waals surface area contributed by atoms with Crippen LogP contribution in [0.1, 0.15) is 6.42 Å². The Hall–Kier alpha value is 0.0700. The fraction of sp³-hybridized carbons (Fsp3) is 0.833. The van der Waals surface area contributed by atoms with Crippen molar-refractivity contribution in [3.63, 3.8) is 0 Å². The third-order valence-corrected chi connectivity index (χ3v) is 6.88. The van der Waals surface area contributed by atoms with Gasteiger partial charge < -0.3 is 0 Å². The van der Waals surface area contributed by atoms with E-state index in [1.165, 1.54) is 0 Å². The summed E-state index contributed by atoms with van der Waals surface area (Å²) < 4.78 is 0. The van der Waals surface area contributed by atoms with Gasteiger partial charge in [-0.3, -0.25) is 0 Å². The summed E-state index contributed by atoms with van der Waals surface area (Å²) in [5, 5.41) is 35.3. The van der Waals surface area contributed by atoms with Gasteiger partial charge in [0.2, 0.25) is 0 Å². The Kier molecular flexibility index (Phi) is 4.55. The Bertz CT molecular complexity index is 182. The molecule has 0 aliphatic heterocycles. The number of aliphatic hydroxyl groups excluding tert-OH is 3. The van der Waals surface area contributed by atoms with Gasteiger partial charge in [0.25, 0.3) is 0 Å². The predicted octanol–water partition coefficient (Wildman–Crippen LogP) is 0.0176. The molecule has 0 amide bonds. The molecule has 0 aromatic heterocycles. The predicted molar refractivity (Wildman–Crippen MR) is 51.2 cm³/mol. The molecular formula is C6H14ClO5P. The fourth-order valence-corrected chi connectivity index (χ4v) is 2.42. The number of carboxylic acids is 1. The van der Waals surface area contributed by atoms with Crippen molar-refractivity contribution in [2.75, 3.05) is 25.2 Å². The molecule has 0 aromatic rings. The zero-order valence-corrected chi connectivity index (χ0v) is 8.71. The van der Waals surface area contributed by atoms with E-state index < -0.39 is 31.0 Å². The van der Waals surface area contributed by atoms with Crippen LogP contribution in [-0.4, -0.2) is 51.6 Å².